The average Bonchev–Trinajstić information content (AvgIpc) is 2.50. The van der Waals surface area contributed by atoms with Gasteiger partial charge in [0.1, 0.15) is 0 Å². The fourth-order valence-corrected chi connectivity index (χ4v) is 1.98. The Labute approximate surface area is 90.4 Å². The highest BCUT2D eigenvalue weighted by Gasteiger charge is 2.08. The lowest BCUT2D eigenvalue weighted by Gasteiger charge is -1.97. The van der Waals surface area contributed by atoms with Gasteiger partial charge in [-0.15, -0.1) is 5.10 Å². The summed E-state index contributed by atoms with van der Waals surface area (Å²) in [6.07, 6.45) is 6.27. The average molecular weight is 231 g/mol. The minimum absolute atomic E-state index is 0.0270. The molecule has 0 aliphatic carbocycles. The summed E-state index contributed by atoms with van der Waals surface area (Å²) < 4.78 is 23.7. The van der Waals surface area contributed by atoms with Crippen LogP contribution in [0.15, 0.2) is 6.20 Å². The van der Waals surface area contributed by atoms with E-state index < -0.39 is 9.84 Å². The number of aryl methyl sites for hydroxylation is 1. The molecular weight excluding hydrogens is 214 g/mol. The summed E-state index contributed by atoms with van der Waals surface area (Å²) in [6, 6.07) is 0. The summed E-state index contributed by atoms with van der Waals surface area (Å²) in [7, 11) is -3.00. The zero-order chi connectivity index (χ0) is 11.3. The van der Waals surface area contributed by atoms with Gasteiger partial charge >= 0.3 is 0 Å². The first kappa shape index (κ1) is 12.2. The van der Waals surface area contributed by atoms with E-state index in [1.165, 1.54) is 6.26 Å². The molecule has 0 atom stereocenters. The van der Waals surface area contributed by atoms with Crippen molar-refractivity contribution in [2.45, 2.75) is 38.5 Å². The minimum Gasteiger partial charge on any atom is -0.252 e. The normalized spacial score (nSPS) is 11.9. The Morgan fingerprint density at radius 3 is 2.73 bits per heavy atom. The van der Waals surface area contributed by atoms with Crippen molar-refractivity contribution in [3.8, 4) is 0 Å². The van der Waals surface area contributed by atoms with Crippen molar-refractivity contribution in [2.75, 3.05) is 6.26 Å². The molecule has 1 rings (SSSR count). The molecule has 0 N–H and O–H groups in total. The third-order valence-electron chi connectivity index (χ3n) is 1.99. The van der Waals surface area contributed by atoms with Gasteiger partial charge in [-0.05, 0) is 6.42 Å². The molecular formula is C9H17N3O2S. The highest BCUT2D eigenvalue weighted by molar-refractivity contribution is 7.89. The van der Waals surface area contributed by atoms with E-state index in [0.717, 1.165) is 25.8 Å². The van der Waals surface area contributed by atoms with Crippen LogP contribution in [-0.2, 0) is 22.1 Å². The molecule has 0 aliphatic rings. The molecule has 0 saturated carbocycles. The molecule has 5 nitrogen and oxygen atoms in total. The lowest BCUT2D eigenvalue weighted by molar-refractivity contribution is 0.537. The summed E-state index contributed by atoms with van der Waals surface area (Å²) in [5, 5.41) is 7.69. The summed E-state index contributed by atoms with van der Waals surface area (Å²) in [4.78, 5) is 0. The van der Waals surface area contributed by atoms with Crippen LogP contribution in [0.4, 0.5) is 0 Å². The standard InChI is InChI=1S/C9H17N3O2S/c1-3-4-5-6-12-7-9(10-11-12)8-15(2,13)14/h7H,3-6,8H2,1-2H3. The summed E-state index contributed by atoms with van der Waals surface area (Å²) in [5.74, 6) is -0.0270. The predicted molar refractivity (Wildman–Crippen MR) is 58.1 cm³/mol. The third-order valence-corrected chi connectivity index (χ3v) is 2.81. The smallest absolute Gasteiger partial charge is 0.153 e. The van der Waals surface area contributed by atoms with Gasteiger partial charge in [-0.3, -0.25) is 4.68 Å². The van der Waals surface area contributed by atoms with Crippen LogP contribution in [0, 0.1) is 0 Å². The number of unbranched alkanes of at least 4 members (excludes halogenated alkanes) is 2. The number of rotatable bonds is 6. The van der Waals surface area contributed by atoms with E-state index in [2.05, 4.69) is 17.2 Å². The van der Waals surface area contributed by atoms with Crippen LogP contribution >= 0.6 is 0 Å². The molecule has 0 fully saturated rings. The van der Waals surface area contributed by atoms with Gasteiger partial charge in [-0.2, -0.15) is 0 Å². The highest BCUT2D eigenvalue weighted by atomic mass is 32.2. The van der Waals surface area contributed by atoms with Crippen molar-refractivity contribution in [3.05, 3.63) is 11.9 Å². The lowest BCUT2D eigenvalue weighted by atomic mass is 10.2. The second-order valence-corrected chi connectivity index (χ2v) is 5.89. The van der Waals surface area contributed by atoms with Gasteiger partial charge in [0.25, 0.3) is 0 Å². The second-order valence-electron chi connectivity index (χ2n) is 3.75. The van der Waals surface area contributed by atoms with E-state index in [9.17, 15) is 8.42 Å². The Kier molecular flexibility index (Phi) is 4.26. The van der Waals surface area contributed by atoms with E-state index in [-0.39, 0.29) is 5.75 Å². The number of hydrogen-bond acceptors (Lipinski definition) is 4. The van der Waals surface area contributed by atoms with E-state index >= 15 is 0 Å². The second kappa shape index (κ2) is 5.25. The van der Waals surface area contributed by atoms with Crippen LogP contribution in [0.25, 0.3) is 0 Å². The molecule has 0 amide bonds. The molecule has 15 heavy (non-hydrogen) atoms. The highest BCUT2D eigenvalue weighted by Crippen LogP contribution is 2.02. The number of hydrogen-bond donors (Lipinski definition) is 0. The number of aromatic nitrogens is 3. The van der Waals surface area contributed by atoms with E-state index in [4.69, 9.17) is 0 Å². The van der Waals surface area contributed by atoms with Crippen LogP contribution in [-0.4, -0.2) is 29.7 Å². The molecule has 0 aromatic carbocycles. The van der Waals surface area contributed by atoms with Gasteiger partial charge in [-0.25, -0.2) is 8.42 Å². The minimum atomic E-state index is -3.00. The Morgan fingerprint density at radius 1 is 1.40 bits per heavy atom. The van der Waals surface area contributed by atoms with Crippen molar-refractivity contribution < 1.29 is 8.42 Å². The van der Waals surface area contributed by atoms with Crippen LogP contribution in [0.1, 0.15) is 31.9 Å². The van der Waals surface area contributed by atoms with Crippen molar-refractivity contribution in [1.82, 2.24) is 15.0 Å². The van der Waals surface area contributed by atoms with Crippen molar-refractivity contribution in [1.29, 1.82) is 0 Å². The van der Waals surface area contributed by atoms with E-state index in [1.807, 2.05) is 0 Å². The fraction of sp³-hybridized carbons (Fsp3) is 0.778. The Hall–Kier alpha value is -0.910. The van der Waals surface area contributed by atoms with Gasteiger partial charge in [0.05, 0.1) is 11.4 Å². The summed E-state index contributed by atoms with van der Waals surface area (Å²) in [6.45, 7) is 2.95. The zero-order valence-corrected chi connectivity index (χ0v) is 10.00. The quantitative estimate of drug-likeness (QED) is 0.685. The van der Waals surface area contributed by atoms with Crippen molar-refractivity contribution in [3.63, 3.8) is 0 Å². The lowest BCUT2D eigenvalue weighted by Crippen LogP contribution is -2.01. The van der Waals surface area contributed by atoms with Crippen molar-refractivity contribution in [2.24, 2.45) is 0 Å². The zero-order valence-electron chi connectivity index (χ0n) is 9.18. The van der Waals surface area contributed by atoms with E-state index in [0.29, 0.717) is 5.69 Å². The Bertz CT molecular complexity index is 397. The molecule has 1 aromatic rings. The van der Waals surface area contributed by atoms with Gasteiger partial charge in [0.2, 0.25) is 0 Å². The first-order chi connectivity index (χ1) is 7.01. The van der Waals surface area contributed by atoms with Gasteiger partial charge in [0.15, 0.2) is 9.84 Å². The molecule has 0 spiro atoms. The largest absolute Gasteiger partial charge is 0.252 e. The molecule has 0 radical (unpaired) electrons. The molecule has 0 unspecified atom stereocenters. The number of sulfone groups is 1. The first-order valence-corrected chi connectivity index (χ1v) is 7.14. The summed E-state index contributed by atoms with van der Waals surface area (Å²) in [5.41, 5.74) is 0.522. The van der Waals surface area contributed by atoms with Crippen LogP contribution in [0.3, 0.4) is 0 Å². The molecule has 0 aliphatic heterocycles. The third kappa shape index (κ3) is 4.92. The Morgan fingerprint density at radius 2 is 2.13 bits per heavy atom. The number of nitrogens with zero attached hydrogens (tertiary/aromatic N) is 3. The van der Waals surface area contributed by atoms with Crippen LogP contribution < -0.4 is 0 Å². The molecule has 0 bridgehead atoms. The molecule has 1 heterocycles. The summed E-state index contributed by atoms with van der Waals surface area (Å²) >= 11 is 0. The monoisotopic (exact) mass is 231 g/mol. The van der Waals surface area contributed by atoms with Crippen LogP contribution in [0.5, 0.6) is 0 Å². The predicted octanol–water partition coefficient (Wildman–Crippen LogP) is 1.01. The maximum Gasteiger partial charge on any atom is 0.153 e. The maximum absolute atomic E-state index is 11.0. The Balaban J connectivity index is 2.49. The molecule has 1 aromatic heterocycles. The SMILES string of the molecule is CCCCCn1cc(CS(C)(=O)=O)nn1. The van der Waals surface area contributed by atoms with Gasteiger partial charge in [-0.1, -0.05) is 25.0 Å². The topological polar surface area (TPSA) is 64.8 Å². The molecule has 86 valence electrons. The fourth-order valence-electron chi connectivity index (χ4n) is 1.31. The maximum atomic E-state index is 11.0. The molecule has 6 heteroatoms. The van der Waals surface area contributed by atoms with Gasteiger partial charge in [0, 0.05) is 19.0 Å². The van der Waals surface area contributed by atoms with Crippen LogP contribution in [0.2, 0.25) is 0 Å². The van der Waals surface area contributed by atoms with E-state index in [1.54, 1.807) is 10.9 Å². The van der Waals surface area contributed by atoms with Crippen molar-refractivity contribution >= 4 is 9.84 Å². The molecule has 0 saturated heterocycles. The first-order valence-electron chi connectivity index (χ1n) is 5.08. The van der Waals surface area contributed by atoms with Gasteiger partial charge < -0.3 is 0 Å².